The predicted molar refractivity (Wildman–Crippen MR) is 146 cm³/mol. The summed E-state index contributed by atoms with van der Waals surface area (Å²) in [6.45, 7) is 2.39. The third kappa shape index (κ3) is 6.09. The normalized spacial score (nSPS) is 20.6. The second-order valence-corrected chi connectivity index (χ2v) is 11.8. The number of carboxylic acids is 1. The molecule has 0 bridgehead atoms. The van der Waals surface area contributed by atoms with Crippen LogP contribution in [0.15, 0.2) is 71.6 Å². The summed E-state index contributed by atoms with van der Waals surface area (Å²) in [6.07, 6.45) is 0.652. The third-order valence-electron chi connectivity index (χ3n) is 7.08. The highest BCUT2D eigenvalue weighted by Gasteiger charge is 2.45. The van der Waals surface area contributed by atoms with Crippen molar-refractivity contribution in [2.45, 2.75) is 49.1 Å². The molecule has 200 valence electrons. The Balaban J connectivity index is 1.67. The summed E-state index contributed by atoms with van der Waals surface area (Å²) in [6, 6.07) is 17.5. The summed E-state index contributed by atoms with van der Waals surface area (Å²) < 4.78 is 29.5. The highest BCUT2D eigenvalue weighted by Crippen LogP contribution is 2.29. The Morgan fingerprint density at radius 1 is 1.13 bits per heavy atom. The van der Waals surface area contributed by atoms with Crippen molar-refractivity contribution in [2.24, 2.45) is 11.7 Å². The van der Waals surface area contributed by atoms with Gasteiger partial charge in [0, 0.05) is 12.0 Å². The molecule has 0 spiro atoms. The number of piperidine rings is 1. The van der Waals surface area contributed by atoms with Crippen LogP contribution >= 0.6 is 0 Å². The van der Waals surface area contributed by atoms with Gasteiger partial charge in [-0.2, -0.15) is 0 Å². The lowest BCUT2D eigenvalue weighted by Gasteiger charge is -2.38. The van der Waals surface area contributed by atoms with Gasteiger partial charge in [0.15, 0.2) is 5.78 Å². The number of nitrogens with two attached hydrogens (primary N) is 1. The zero-order chi connectivity index (χ0) is 27.5. The standard InChI is InChI=1S/C28H32N4O5S/c1-18-11-12-31-28(16-18,27(34)35)17-25(33)24(14-19-5-4-8-22(13-19)26(29)30)32-38(36,37)23-10-9-20-6-2-3-7-21(20)15-23/h2-10,13,15,18,24,31-32H,11-12,14,16-17H2,1H3,(H3,29,30)(H,34,35)/t18?,24-,28?/m0/s1. The fraction of sp³-hybridized carbons (Fsp3) is 0.321. The minimum atomic E-state index is -4.14. The van der Waals surface area contributed by atoms with Crippen molar-refractivity contribution in [3.05, 3.63) is 77.9 Å². The zero-order valence-electron chi connectivity index (χ0n) is 21.1. The van der Waals surface area contributed by atoms with Crippen LogP contribution in [0.25, 0.3) is 10.8 Å². The molecule has 2 unspecified atom stereocenters. The molecule has 1 saturated heterocycles. The molecule has 1 heterocycles. The number of hydrogen-bond donors (Lipinski definition) is 5. The monoisotopic (exact) mass is 536 g/mol. The molecule has 10 heteroatoms. The summed E-state index contributed by atoms with van der Waals surface area (Å²) in [5, 5.41) is 22.4. The van der Waals surface area contributed by atoms with Gasteiger partial charge in [-0.3, -0.25) is 15.0 Å². The number of nitrogens with one attached hydrogen (secondary N) is 3. The topological polar surface area (TPSA) is 162 Å². The van der Waals surface area contributed by atoms with Crippen LogP contribution in [0.4, 0.5) is 0 Å². The van der Waals surface area contributed by atoms with Crippen LogP contribution in [0.5, 0.6) is 0 Å². The highest BCUT2D eigenvalue weighted by atomic mass is 32.2. The van der Waals surface area contributed by atoms with E-state index in [-0.39, 0.29) is 35.9 Å². The molecule has 4 rings (SSSR count). The molecule has 3 aromatic carbocycles. The molecule has 0 aliphatic carbocycles. The maximum Gasteiger partial charge on any atom is 0.324 e. The van der Waals surface area contributed by atoms with E-state index in [0.29, 0.717) is 17.7 Å². The van der Waals surface area contributed by atoms with Crippen LogP contribution < -0.4 is 15.8 Å². The molecule has 6 N–H and O–H groups in total. The number of carbonyl (C=O) groups is 2. The number of sulfonamides is 1. The van der Waals surface area contributed by atoms with Gasteiger partial charge in [-0.25, -0.2) is 13.1 Å². The van der Waals surface area contributed by atoms with Crippen molar-refractivity contribution in [1.29, 1.82) is 5.41 Å². The molecule has 1 aliphatic rings. The van der Waals surface area contributed by atoms with Crippen LogP contribution in [0.2, 0.25) is 0 Å². The SMILES string of the molecule is CC1CCNC(CC(=O)[C@H](Cc2cccc(C(=N)N)c2)NS(=O)(=O)c2ccc3ccccc3c2)(C(=O)O)C1. The van der Waals surface area contributed by atoms with Gasteiger partial charge in [0.25, 0.3) is 0 Å². The first-order valence-corrected chi connectivity index (χ1v) is 13.9. The number of aliphatic carboxylic acids is 1. The van der Waals surface area contributed by atoms with Gasteiger partial charge in [-0.1, -0.05) is 55.5 Å². The Morgan fingerprint density at radius 2 is 1.87 bits per heavy atom. The molecule has 1 fully saturated rings. The van der Waals surface area contributed by atoms with Crippen LogP contribution in [0.1, 0.15) is 37.3 Å². The largest absolute Gasteiger partial charge is 0.480 e. The van der Waals surface area contributed by atoms with Crippen LogP contribution in [-0.2, 0) is 26.0 Å². The number of rotatable bonds is 10. The summed E-state index contributed by atoms with van der Waals surface area (Å²) in [7, 11) is -4.14. The summed E-state index contributed by atoms with van der Waals surface area (Å²) >= 11 is 0. The van der Waals surface area contributed by atoms with Crippen LogP contribution in [0.3, 0.4) is 0 Å². The van der Waals surface area contributed by atoms with Crippen molar-refractivity contribution in [3.63, 3.8) is 0 Å². The number of Topliss-reactive ketones (excluding diaryl/α,β-unsaturated/α-hetero) is 1. The van der Waals surface area contributed by atoms with E-state index in [4.69, 9.17) is 11.1 Å². The lowest BCUT2D eigenvalue weighted by molar-refractivity contribution is -0.149. The number of amidine groups is 1. The maximum absolute atomic E-state index is 13.7. The highest BCUT2D eigenvalue weighted by molar-refractivity contribution is 7.89. The summed E-state index contributed by atoms with van der Waals surface area (Å²) in [4.78, 5) is 26.0. The van der Waals surface area contributed by atoms with E-state index < -0.39 is 33.4 Å². The minimum Gasteiger partial charge on any atom is -0.480 e. The number of ketones is 1. The van der Waals surface area contributed by atoms with Gasteiger partial charge in [0.05, 0.1) is 10.9 Å². The molecule has 3 aromatic rings. The Hall–Kier alpha value is -3.60. The second-order valence-electron chi connectivity index (χ2n) is 10.1. The second kappa shape index (κ2) is 11.0. The van der Waals surface area contributed by atoms with Crippen molar-refractivity contribution in [2.75, 3.05) is 6.54 Å². The summed E-state index contributed by atoms with van der Waals surface area (Å²) in [5.41, 5.74) is 5.18. The Kier molecular flexibility index (Phi) is 7.96. The molecular weight excluding hydrogens is 504 g/mol. The first-order chi connectivity index (χ1) is 18.0. The van der Waals surface area contributed by atoms with Gasteiger partial charge in [0.1, 0.15) is 11.4 Å². The Morgan fingerprint density at radius 3 is 2.55 bits per heavy atom. The van der Waals surface area contributed by atoms with Crippen LogP contribution in [-0.4, -0.2) is 49.2 Å². The fourth-order valence-electron chi connectivity index (χ4n) is 5.03. The molecule has 0 aromatic heterocycles. The van der Waals surface area contributed by atoms with Crippen molar-refractivity contribution in [1.82, 2.24) is 10.0 Å². The van der Waals surface area contributed by atoms with Crippen molar-refractivity contribution in [3.8, 4) is 0 Å². The van der Waals surface area contributed by atoms with E-state index in [1.807, 2.05) is 25.1 Å². The molecule has 0 saturated carbocycles. The molecular formula is C28H32N4O5S. The average Bonchev–Trinajstić information content (AvgIpc) is 2.88. The molecule has 0 amide bonds. The van der Waals surface area contributed by atoms with Crippen molar-refractivity contribution >= 4 is 38.4 Å². The average molecular weight is 537 g/mol. The Bertz CT molecular complexity index is 1490. The van der Waals surface area contributed by atoms with Crippen LogP contribution in [0, 0.1) is 11.3 Å². The number of fused-ring (bicyclic) bond motifs is 1. The molecule has 0 radical (unpaired) electrons. The van der Waals surface area contributed by atoms with E-state index in [1.54, 1.807) is 42.5 Å². The minimum absolute atomic E-state index is 0.00356. The number of benzene rings is 3. The fourth-order valence-corrected chi connectivity index (χ4v) is 6.29. The number of carbonyl (C=O) groups excluding carboxylic acids is 1. The van der Waals surface area contributed by atoms with E-state index in [1.165, 1.54) is 6.07 Å². The number of nitrogen functional groups attached to an aromatic ring is 1. The lowest BCUT2D eigenvalue weighted by Crippen LogP contribution is -2.59. The van der Waals surface area contributed by atoms with Gasteiger partial charge < -0.3 is 16.2 Å². The molecule has 3 atom stereocenters. The first kappa shape index (κ1) is 27.4. The lowest BCUT2D eigenvalue weighted by atomic mass is 9.78. The van der Waals surface area contributed by atoms with Crippen molar-refractivity contribution < 1.29 is 23.1 Å². The predicted octanol–water partition coefficient (Wildman–Crippen LogP) is 2.82. The summed E-state index contributed by atoms with van der Waals surface area (Å²) in [5.74, 6) is -1.73. The molecule has 1 aliphatic heterocycles. The smallest absolute Gasteiger partial charge is 0.324 e. The van der Waals surface area contributed by atoms with Gasteiger partial charge in [-0.05, 0) is 66.3 Å². The number of carboxylic acid groups (broad SMARTS) is 1. The van der Waals surface area contributed by atoms with Gasteiger partial charge >= 0.3 is 5.97 Å². The first-order valence-electron chi connectivity index (χ1n) is 12.4. The zero-order valence-corrected chi connectivity index (χ0v) is 21.9. The maximum atomic E-state index is 13.7. The quantitative estimate of drug-likeness (QED) is 0.196. The van der Waals surface area contributed by atoms with Gasteiger partial charge in [0.2, 0.25) is 10.0 Å². The van der Waals surface area contributed by atoms with Gasteiger partial charge in [-0.15, -0.1) is 0 Å². The molecule has 9 nitrogen and oxygen atoms in total. The molecule has 38 heavy (non-hydrogen) atoms. The van der Waals surface area contributed by atoms with E-state index in [9.17, 15) is 23.1 Å². The number of hydrogen-bond acceptors (Lipinski definition) is 6. The third-order valence-corrected chi connectivity index (χ3v) is 8.55. The Labute approximate surface area is 222 Å². The van der Waals surface area contributed by atoms with E-state index >= 15 is 0 Å². The van der Waals surface area contributed by atoms with E-state index in [0.717, 1.165) is 17.2 Å². The van der Waals surface area contributed by atoms with E-state index in [2.05, 4.69) is 10.0 Å².